The lowest BCUT2D eigenvalue weighted by molar-refractivity contribution is 0.0603. The summed E-state index contributed by atoms with van der Waals surface area (Å²) in [6, 6.07) is 0. The predicted molar refractivity (Wildman–Crippen MR) is 532 cm³/mol. The van der Waals surface area contributed by atoms with E-state index in [1.807, 2.05) is 0 Å². The average Bonchev–Trinajstić information content (AvgIpc) is 1.41. The van der Waals surface area contributed by atoms with Crippen LogP contribution in [0.5, 0.6) is 0 Å². The number of rotatable bonds is 0. The van der Waals surface area contributed by atoms with Crippen LogP contribution in [0.3, 0.4) is 0 Å². The molecule has 0 aromatic rings. The molecule has 26 fully saturated rings. The van der Waals surface area contributed by atoms with Crippen molar-refractivity contribution in [1.29, 1.82) is 0 Å². The molecule has 12 N–H and O–H groups in total. The maximum atomic E-state index is 3.73. The summed E-state index contributed by atoms with van der Waals surface area (Å²) in [5.74, 6) is 0. The van der Waals surface area contributed by atoms with Crippen LogP contribution in [-0.4, -0.2) is 155 Å². The van der Waals surface area contributed by atoms with Crippen molar-refractivity contribution >= 4 is 0 Å². The molecule has 12 saturated heterocycles. The van der Waals surface area contributed by atoms with E-state index >= 15 is 0 Å². The summed E-state index contributed by atoms with van der Waals surface area (Å²) in [7, 11) is 0. The monoisotopic (exact) mass is 1720 g/mol. The van der Waals surface area contributed by atoms with Crippen LogP contribution in [0.25, 0.3) is 0 Å². The van der Waals surface area contributed by atoms with Gasteiger partial charge in [-0.05, 0) is 432 Å². The smallest absolute Gasteiger partial charge is 0.0182 e. The molecule has 28 aliphatic rings. The van der Waals surface area contributed by atoms with Crippen LogP contribution in [-0.2, 0) is 0 Å². The second-order valence-electron chi connectivity index (χ2n) is 49.5. The van der Waals surface area contributed by atoms with E-state index in [2.05, 4.69) is 88.1 Å². The fourth-order valence-electron chi connectivity index (χ4n) is 29.5. The van der Waals surface area contributed by atoms with E-state index in [4.69, 9.17) is 0 Å². The van der Waals surface area contributed by atoms with Gasteiger partial charge in [0, 0.05) is 89.6 Å². The molecular weight excluding hydrogens is 1510 g/mol. The standard InChI is InChI=1S/2C10H19N.C9H17N.C9H16.3C8H15N.C8H13N.C8H12.3C7H13N.2C6H11N.CH4/c1-2-6-10(5-1)7-3-4-8-11-9-10;1-2-6-10(7-3-1)8-4-5-9-11-10;1-2-4-9(5-3-1)6-7-10-8-9;1-2-5-9(6-3-1)7-4-8-9;1-3-8(4-1)5-2-6-9-7-8;1-2-8(3-1)4-6-9-7-5-8;2*1-2-4-8(3-1)5-6-9-7-8;1-2-5-8(4-1)6-3-7-8;1-3-7(4-1)5-2-6-8-7;1-2-7(3-1)4-5-8-6-7;1-2-4-7(3-1)5-8-6-7;2*1-2-6(3-1)4-7-5-6;/h2*11H,1-9H2;10H,1-8H2;1-8H2;3*9H,1-7H2;1-2,9H,3-7H2;1,4H,2-3,5-7H2;3*8H,1-6H2;2*7H,1-5H2;1H4. The third-order valence-corrected chi connectivity index (χ3v) is 40.6. The Labute approximate surface area is 766 Å². The first-order valence-corrected chi connectivity index (χ1v) is 56.2. The molecule has 12 heteroatoms. The van der Waals surface area contributed by atoms with Gasteiger partial charge in [-0.25, -0.2) is 0 Å². The Bertz CT molecular complexity index is 2660. The summed E-state index contributed by atoms with van der Waals surface area (Å²) in [5.41, 5.74) is 10.8. The van der Waals surface area contributed by atoms with Gasteiger partial charge >= 0.3 is 0 Å². The highest BCUT2D eigenvalue weighted by Gasteiger charge is 2.47. The first kappa shape index (κ1) is 99.0. The molecule has 0 bridgehead atoms. The summed E-state index contributed by atoms with van der Waals surface area (Å²) in [6.07, 6.45) is 114. The third kappa shape index (κ3) is 28.3. The highest BCUT2D eigenvalue weighted by Crippen LogP contribution is 2.54. The van der Waals surface area contributed by atoms with Crippen molar-refractivity contribution < 1.29 is 0 Å². The van der Waals surface area contributed by atoms with E-state index in [9.17, 15) is 0 Å². The number of hydrogen-bond donors (Lipinski definition) is 12. The maximum absolute atomic E-state index is 3.73. The first-order valence-electron chi connectivity index (χ1n) is 56.2. The van der Waals surface area contributed by atoms with Crippen LogP contribution in [0.15, 0.2) is 24.3 Å². The Morgan fingerprint density at radius 3 is 0.621 bits per heavy atom. The number of allylic oxidation sites excluding steroid dienone is 4. The number of nitrogens with one attached hydrogen (secondary N) is 12. The van der Waals surface area contributed by atoms with Crippen molar-refractivity contribution in [2.45, 2.75) is 474 Å². The van der Waals surface area contributed by atoms with Gasteiger partial charge in [-0.15, -0.1) is 0 Å². The van der Waals surface area contributed by atoms with Gasteiger partial charge in [0.25, 0.3) is 0 Å². The molecular formula is C112H206N12. The molecule has 14 saturated carbocycles. The Morgan fingerprint density at radius 1 is 0.145 bits per heavy atom. The van der Waals surface area contributed by atoms with Gasteiger partial charge in [-0.1, -0.05) is 186 Å². The normalized spacial score (nSPS) is 31.7. The molecule has 0 unspecified atom stereocenters. The largest absolute Gasteiger partial charge is 0.317 e. The molecule has 714 valence electrons. The van der Waals surface area contributed by atoms with E-state index in [1.54, 1.807) is 25.7 Å². The minimum atomic E-state index is 0. The van der Waals surface area contributed by atoms with E-state index in [1.165, 1.54) is 574 Å². The molecule has 12 nitrogen and oxygen atoms in total. The fraction of sp³-hybridized carbons (Fsp3) is 0.964. The van der Waals surface area contributed by atoms with Crippen LogP contribution < -0.4 is 63.8 Å². The zero-order chi connectivity index (χ0) is 84.1. The lowest BCUT2D eigenvalue weighted by atomic mass is 9.61. The molecule has 124 heavy (non-hydrogen) atoms. The van der Waals surface area contributed by atoms with E-state index in [0.717, 1.165) is 59.6 Å². The molecule has 0 atom stereocenters. The molecule has 12 aliphatic heterocycles. The van der Waals surface area contributed by atoms with Gasteiger partial charge in [0.05, 0.1) is 0 Å². The molecule has 12 heterocycles. The third-order valence-electron chi connectivity index (χ3n) is 40.6. The van der Waals surface area contributed by atoms with Crippen molar-refractivity contribution in [3.05, 3.63) is 24.3 Å². The van der Waals surface area contributed by atoms with E-state index < -0.39 is 0 Å². The quantitative estimate of drug-likeness (QED) is 0.105. The SMILES string of the molecule is C.C1=CC2(CC1)CCC2.C1=CCC2(C1)CCNC2.C1CC2(C1)CCNC2.C1CC2(C1)CCNCC2.C1CC2(C1)CNC2.C1CC2(C1)CNC2.C1CCC2(C1)CCNC2.C1CCC2(C1)CNC2.C1CCC2(CC1)CCC2.C1CCC2(CC1)CCCCN2.C1CCC2(CC1)CCNC2.C1CCC2(CCCC2)CNC1.C1CNC2(C1)CCC2.C1CNCC2(C1)CCC2. The Hall–Kier alpha value is -1.00. The predicted octanol–water partition coefficient (Wildman–Crippen LogP) is 24.0. The zero-order valence-corrected chi connectivity index (χ0v) is 81.1. The summed E-state index contributed by atoms with van der Waals surface area (Å²) in [4.78, 5) is 0. The summed E-state index contributed by atoms with van der Waals surface area (Å²) < 4.78 is 0. The van der Waals surface area contributed by atoms with E-state index in [-0.39, 0.29) is 7.43 Å². The molecule has 0 radical (unpaired) electrons. The van der Waals surface area contributed by atoms with E-state index in [0.29, 0.717) is 16.5 Å². The summed E-state index contributed by atoms with van der Waals surface area (Å²) in [6.45, 7) is 28.4. The van der Waals surface area contributed by atoms with Crippen LogP contribution >= 0.6 is 0 Å². The summed E-state index contributed by atoms with van der Waals surface area (Å²) >= 11 is 0. The molecule has 0 amide bonds. The topological polar surface area (TPSA) is 144 Å². The Balaban J connectivity index is 0.000000109. The minimum absolute atomic E-state index is 0. The van der Waals surface area contributed by atoms with Crippen molar-refractivity contribution in [1.82, 2.24) is 63.8 Å². The van der Waals surface area contributed by atoms with Crippen LogP contribution in [0, 0.1) is 65.0 Å². The van der Waals surface area contributed by atoms with Gasteiger partial charge in [0.1, 0.15) is 0 Å². The molecule has 0 aromatic heterocycles. The second kappa shape index (κ2) is 48.5. The Morgan fingerprint density at radius 2 is 0.379 bits per heavy atom. The number of piperidine rings is 3. The van der Waals surface area contributed by atoms with Gasteiger partial charge in [0.15, 0.2) is 0 Å². The number of hydrogen-bond acceptors (Lipinski definition) is 12. The molecule has 16 aliphatic carbocycles. The molecule has 14 spiro atoms. The minimum Gasteiger partial charge on any atom is -0.317 e. The van der Waals surface area contributed by atoms with Gasteiger partial charge in [-0.2, -0.15) is 0 Å². The highest BCUT2D eigenvalue weighted by atomic mass is 15.0. The lowest BCUT2D eigenvalue weighted by Gasteiger charge is -2.49. The highest BCUT2D eigenvalue weighted by molar-refractivity contribution is 5.11. The zero-order valence-electron chi connectivity index (χ0n) is 81.1. The summed E-state index contributed by atoms with van der Waals surface area (Å²) in [5, 5.41) is 41.5. The van der Waals surface area contributed by atoms with Crippen molar-refractivity contribution in [3.63, 3.8) is 0 Å². The first-order chi connectivity index (χ1) is 60.3. The lowest BCUT2D eigenvalue weighted by Crippen LogP contribution is -2.57. The van der Waals surface area contributed by atoms with Crippen molar-refractivity contribution in [2.75, 3.05) is 144 Å². The van der Waals surface area contributed by atoms with Gasteiger partial charge in [-0.3, -0.25) is 0 Å². The van der Waals surface area contributed by atoms with Crippen LogP contribution in [0.4, 0.5) is 0 Å². The maximum Gasteiger partial charge on any atom is 0.0182 e. The molecule has 0 aromatic carbocycles. The average molecular weight is 1720 g/mol. The fourth-order valence-corrected chi connectivity index (χ4v) is 29.5. The second-order valence-corrected chi connectivity index (χ2v) is 49.5. The van der Waals surface area contributed by atoms with Gasteiger partial charge < -0.3 is 63.8 Å². The van der Waals surface area contributed by atoms with Crippen molar-refractivity contribution in [3.8, 4) is 0 Å². The van der Waals surface area contributed by atoms with Gasteiger partial charge in [0.2, 0.25) is 0 Å². The molecule has 28 rings (SSSR count). The Kier molecular flexibility index (Phi) is 38.7. The van der Waals surface area contributed by atoms with Crippen LogP contribution in [0.1, 0.15) is 463 Å². The van der Waals surface area contributed by atoms with Crippen LogP contribution in [0.2, 0.25) is 0 Å². The van der Waals surface area contributed by atoms with Crippen molar-refractivity contribution in [2.24, 2.45) is 65.0 Å².